The lowest BCUT2D eigenvalue weighted by Gasteiger charge is -2.25. The van der Waals surface area contributed by atoms with Crippen LogP contribution < -0.4 is 10.6 Å². The van der Waals surface area contributed by atoms with Crippen molar-refractivity contribution in [3.8, 4) is 0 Å². The van der Waals surface area contributed by atoms with E-state index in [-0.39, 0.29) is 0 Å². The average molecular weight is 190 g/mol. The van der Waals surface area contributed by atoms with Gasteiger partial charge in [0.1, 0.15) is 6.04 Å². The third-order valence-electron chi connectivity index (χ3n) is 2.26. The molecule has 1 aromatic carbocycles. The summed E-state index contributed by atoms with van der Waals surface area (Å²) in [6.45, 7) is 0.501. The van der Waals surface area contributed by atoms with Crippen molar-refractivity contribution in [1.82, 2.24) is 5.32 Å². The zero-order valence-electron chi connectivity index (χ0n) is 7.49. The maximum absolute atomic E-state index is 11.3. The number of carbonyl (C=O) groups excluding carboxylic acids is 2. The summed E-state index contributed by atoms with van der Waals surface area (Å²) in [6, 6.07) is 6.96. The molecule has 0 spiro atoms. The van der Waals surface area contributed by atoms with Gasteiger partial charge in [0.2, 0.25) is 5.78 Å². The Balaban J connectivity index is 2.40. The van der Waals surface area contributed by atoms with Gasteiger partial charge in [-0.1, -0.05) is 18.2 Å². The summed E-state index contributed by atoms with van der Waals surface area (Å²) >= 11 is 0. The number of benzene rings is 1. The molecule has 1 aromatic rings. The van der Waals surface area contributed by atoms with Crippen LogP contribution in [0.1, 0.15) is 11.6 Å². The molecule has 4 nitrogen and oxygen atoms in total. The fourth-order valence-corrected chi connectivity index (χ4v) is 1.59. The summed E-state index contributed by atoms with van der Waals surface area (Å²) in [5, 5.41) is 6.03. The van der Waals surface area contributed by atoms with Crippen LogP contribution in [-0.2, 0) is 9.59 Å². The Hall–Kier alpha value is -1.68. The van der Waals surface area contributed by atoms with Gasteiger partial charge in [-0.3, -0.25) is 14.9 Å². The summed E-state index contributed by atoms with van der Waals surface area (Å²) in [5.74, 6) is -0.432. The first-order valence-electron chi connectivity index (χ1n) is 4.38. The molecule has 1 aliphatic heterocycles. The topological polar surface area (TPSA) is 58.2 Å². The lowest BCUT2D eigenvalue weighted by atomic mass is 10.00. The van der Waals surface area contributed by atoms with Gasteiger partial charge in [-0.2, -0.15) is 0 Å². The Bertz CT molecular complexity index is 376. The minimum Gasteiger partial charge on any atom is -0.372 e. The number of aldehydes is 1. The largest absolute Gasteiger partial charge is 0.372 e. The van der Waals surface area contributed by atoms with Crippen molar-refractivity contribution >= 4 is 17.8 Å². The van der Waals surface area contributed by atoms with Gasteiger partial charge >= 0.3 is 0 Å². The number of nitrogens with one attached hydrogen (secondary N) is 2. The van der Waals surface area contributed by atoms with Gasteiger partial charge in [-0.05, 0) is 6.07 Å². The van der Waals surface area contributed by atoms with Crippen molar-refractivity contribution in [3.05, 3.63) is 29.8 Å². The van der Waals surface area contributed by atoms with E-state index in [1.54, 1.807) is 0 Å². The van der Waals surface area contributed by atoms with E-state index in [0.717, 1.165) is 11.3 Å². The van der Waals surface area contributed by atoms with E-state index in [1.165, 1.54) is 0 Å². The maximum atomic E-state index is 11.3. The Morgan fingerprint density at radius 2 is 2.21 bits per heavy atom. The molecule has 0 fully saturated rings. The predicted octanol–water partition coefficient (Wildman–Crippen LogP) is 0.468. The zero-order chi connectivity index (χ0) is 9.97. The van der Waals surface area contributed by atoms with Crippen LogP contribution in [0.5, 0.6) is 0 Å². The summed E-state index contributed by atoms with van der Waals surface area (Å²) < 4.78 is 0. The molecule has 0 bridgehead atoms. The number of Topliss-reactive ketones (excluding diaryl/α,β-unsaturated/α-hetero) is 1. The molecule has 0 aliphatic carbocycles. The van der Waals surface area contributed by atoms with Crippen LogP contribution in [0.3, 0.4) is 0 Å². The Labute approximate surface area is 81.3 Å². The molecule has 0 radical (unpaired) electrons. The molecular weight excluding hydrogens is 180 g/mol. The smallest absolute Gasteiger partial charge is 0.216 e. The highest BCUT2D eigenvalue weighted by molar-refractivity contribution is 6.27. The van der Waals surface area contributed by atoms with Gasteiger partial charge in [0, 0.05) is 11.3 Å². The molecule has 0 saturated heterocycles. The van der Waals surface area contributed by atoms with Crippen LogP contribution in [0.25, 0.3) is 0 Å². The number of fused-ring (bicyclic) bond motifs is 1. The summed E-state index contributed by atoms with van der Waals surface area (Å²) in [5.41, 5.74) is 1.74. The SMILES string of the molecule is O=CC(=O)C1NCNc2ccccc21. The second kappa shape index (κ2) is 3.59. The highest BCUT2D eigenvalue weighted by atomic mass is 16.2. The van der Waals surface area contributed by atoms with E-state index in [2.05, 4.69) is 10.6 Å². The monoisotopic (exact) mass is 190 g/mol. The van der Waals surface area contributed by atoms with Crippen molar-refractivity contribution < 1.29 is 9.59 Å². The normalized spacial score (nSPS) is 19.3. The molecule has 1 atom stereocenters. The first-order valence-corrected chi connectivity index (χ1v) is 4.38. The molecule has 14 heavy (non-hydrogen) atoms. The first kappa shape index (κ1) is 8.90. The van der Waals surface area contributed by atoms with Crippen LogP contribution in [-0.4, -0.2) is 18.7 Å². The second-order valence-corrected chi connectivity index (χ2v) is 3.10. The highest BCUT2D eigenvalue weighted by Crippen LogP contribution is 2.25. The van der Waals surface area contributed by atoms with Gasteiger partial charge in [-0.15, -0.1) is 0 Å². The number of para-hydroxylation sites is 1. The Kier molecular flexibility index (Phi) is 2.28. The minimum atomic E-state index is -0.495. The number of rotatable bonds is 2. The van der Waals surface area contributed by atoms with Gasteiger partial charge < -0.3 is 5.32 Å². The third kappa shape index (κ3) is 1.40. The molecule has 0 saturated carbocycles. The maximum Gasteiger partial charge on any atom is 0.216 e. The Morgan fingerprint density at radius 3 is 3.00 bits per heavy atom. The van der Waals surface area contributed by atoms with Gasteiger partial charge in [0.25, 0.3) is 0 Å². The molecule has 1 aliphatic rings. The number of anilines is 1. The highest BCUT2D eigenvalue weighted by Gasteiger charge is 2.24. The third-order valence-corrected chi connectivity index (χ3v) is 2.26. The van der Waals surface area contributed by atoms with Crippen LogP contribution in [0.2, 0.25) is 0 Å². The lowest BCUT2D eigenvalue weighted by Crippen LogP contribution is -2.37. The van der Waals surface area contributed by atoms with Crippen LogP contribution in [0, 0.1) is 0 Å². The van der Waals surface area contributed by atoms with E-state index in [0.29, 0.717) is 13.0 Å². The molecule has 0 amide bonds. The molecule has 2 N–H and O–H groups in total. The number of ketones is 1. The van der Waals surface area contributed by atoms with E-state index >= 15 is 0 Å². The van der Waals surface area contributed by atoms with E-state index in [9.17, 15) is 9.59 Å². The Morgan fingerprint density at radius 1 is 1.43 bits per heavy atom. The fourth-order valence-electron chi connectivity index (χ4n) is 1.59. The summed E-state index contributed by atoms with van der Waals surface area (Å²) in [6.07, 6.45) is 0.361. The molecule has 1 unspecified atom stereocenters. The zero-order valence-corrected chi connectivity index (χ0v) is 7.49. The predicted molar refractivity (Wildman–Crippen MR) is 51.9 cm³/mol. The molecule has 72 valence electrons. The fraction of sp³-hybridized carbons (Fsp3) is 0.200. The average Bonchev–Trinajstić information content (AvgIpc) is 2.27. The molecular formula is C10H10N2O2. The first-order chi connectivity index (χ1) is 6.83. The van der Waals surface area contributed by atoms with E-state index in [1.807, 2.05) is 24.3 Å². The molecule has 2 rings (SSSR count). The minimum absolute atomic E-state index is 0.361. The number of hydrogen-bond donors (Lipinski definition) is 2. The molecule has 4 heteroatoms. The van der Waals surface area contributed by atoms with Gasteiger partial charge in [-0.25, -0.2) is 0 Å². The van der Waals surface area contributed by atoms with Crippen molar-refractivity contribution in [3.63, 3.8) is 0 Å². The van der Waals surface area contributed by atoms with Crippen molar-refractivity contribution in [2.75, 3.05) is 12.0 Å². The summed E-state index contributed by atoms with van der Waals surface area (Å²) in [4.78, 5) is 21.7. The van der Waals surface area contributed by atoms with Crippen molar-refractivity contribution in [1.29, 1.82) is 0 Å². The van der Waals surface area contributed by atoms with Gasteiger partial charge in [0.05, 0.1) is 6.67 Å². The van der Waals surface area contributed by atoms with E-state index in [4.69, 9.17) is 0 Å². The van der Waals surface area contributed by atoms with Crippen molar-refractivity contribution in [2.45, 2.75) is 6.04 Å². The van der Waals surface area contributed by atoms with Gasteiger partial charge in [0.15, 0.2) is 6.29 Å². The molecule has 0 aromatic heterocycles. The van der Waals surface area contributed by atoms with Crippen molar-refractivity contribution in [2.24, 2.45) is 0 Å². The molecule has 1 heterocycles. The summed E-state index contributed by atoms with van der Waals surface area (Å²) in [7, 11) is 0. The van der Waals surface area contributed by atoms with Crippen LogP contribution >= 0.6 is 0 Å². The lowest BCUT2D eigenvalue weighted by molar-refractivity contribution is -0.131. The van der Waals surface area contributed by atoms with E-state index < -0.39 is 11.8 Å². The quantitative estimate of drug-likeness (QED) is 0.525. The van der Waals surface area contributed by atoms with Crippen LogP contribution in [0.4, 0.5) is 5.69 Å². The standard InChI is InChI=1S/C10H10N2O2/c13-5-9(14)10-7-3-1-2-4-8(7)11-6-12-10/h1-5,10-12H,6H2. The number of hydrogen-bond acceptors (Lipinski definition) is 4. The second-order valence-electron chi connectivity index (χ2n) is 3.10. The number of carbonyl (C=O) groups is 2. The van der Waals surface area contributed by atoms with Crippen LogP contribution in [0.15, 0.2) is 24.3 Å².